The van der Waals surface area contributed by atoms with E-state index in [1.165, 1.54) is 18.4 Å². The van der Waals surface area contributed by atoms with Crippen LogP contribution < -0.4 is 0 Å². The monoisotopic (exact) mass is 385 g/mol. The van der Waals surface area contributed by atoms with Gasteiger partial charge in [0.1, 0.15) is 0 Å². The molecular weight excluding hydrogens is 358 g/mol. The van der Waals surface area contributed by atoms with Crippen molar-refractivity contribution in [2.24, 2.45) is 5.92 Å². The SMILES string of the molecule is Cc1ccc(S(=O)(=O)c2ccc(CN(C[C@H]3CCOC3)C3CC3)cc2)cc1. The molecule has 1 aliphatic heterocycles. The van der Waals surface area contributed by atoms with Crippen LogP contribution in [0.1, 0.15) is 30.4 Å². The Morgan fingerprint density at radius 2 is 1.59 bits per heavy atom. The van der Waals surface area contributed by atoms with E-state index in [0.717, 1.165) is 38.3 Å². The third-order valence-corrected chi connectivity index (χ3v) is 7.32. The predicted octanol–water partition coefficient (Wildman–Crippen LogP) is 3.83. The van der Waals surface area contributed by atoms with E-state index in [1.54, 1.807) is 24.3 Å². The summed E-state index contributed by atoms with van der Waals surface area (Å²) in [6.45, 7) is 5.67. The maximum Gasteiger partial charge on any atom is 0.206 e. The number of aryl methyl sites for hydroxylation is 1. The second kappa shape index (κ2) is 7.74. The van der Waals surface area contributed by atoms with Gasteiger partial charge in [-0.2, -0.15) is 0 Å². The van der Waals surface area contributed by atoms with Crippen molar-refractivity contribution in [3.05, 3.63) is 59.7 Å². The minimum atomic E-state index is -3.45. The molecule has 4 rings (SSSR count). The van der Waals surface area contributed by atoms with Crippen molar-refractivity contribution in [1.82, 2.24) is 4.90 Å². The molecule has 0 bridgehead atoms. The van der Waals surface area contributed by atoms with Crippen LogP contribution in [0, 0.1) is 12.8 Å². The fourth-order valence-corrected chi connectivity index (χ4v) is 4.96. The maximum atomic E-state index is 12.8. The van der Waals surface area contributed by atoms with E-state index < -0.39 is 9.84 Å². The Bertz CT molecular complexity index is 865. The lowest BCUT2D eigenvalue weighted by Crippen LogP contribution is -2.31. The van der Waals surface area contributed by atoms with Gasteiger partial charge in [-0.3, -0.25) is 4.90 Å². The quantitative estimate of drug-likeness (QED) is 0.727. The largest absolute Gasteiger partial charge is 0.381 e. The zero-order valence-electron chi connectivity index (χ0n) is 15.8. The van der Waals surface area contributed by atoms with Crippen LogP contribution in [-0.2, 0) is 21.1 Å². The van der Waals surface area contributed by atoms with Crippen molar-refractivity contribution in [2.45, 2.75) is 48.6 Å². The average molecular weight is 386 g/mol. The van der Waals surface area contributed by atoms with Gasteiger partial charge in [-0.1, -0.05) is 29.8 Å². The first-order valence-electron chi connectivity index (χ1n) is 9.75. The van der Waals surface area contributed by atoms with Crippen LogP contribution in [0.4, 0.5) is 0 Å². The number of sulfone groups is 1. The van der Waals surface area contributed by atoms with Gasteiger partial charge in [0.05, 0.1) is 16.4 Å². The van der Waals surface area contributed by atoms with Crippen molar-refractivity contribution in [3.63, 3.8) is 0 Å². The Hall–Kier alpha value is -1.69. The Labute approximate surface area is 162 Å². The third-order valence-electron chi connectivity index (χ3n) is 5.53. The van der Waals surface area contributed by atoms with Gasteiger partial charge in [-0.05, 0) is 61.9 Å². The van der Waals surface area contributed by atoms with Gasteiger partial charge in [-0.15, -0.1) is 0 Å². The summed E-state index contributed by atoms with van der Waals surface area (Å²) in [6, 6.07) is 15.1. The molecule has 144 valence electrons. The molecule has 2 fully saturated rings. The molecule has 2 aromatic carbocycles. The third kappa shape index (κ3) is 4.42. The summed E-state index contributed by atoms with van der Waals surface area (Å²) in [5.74, 6) is 0.631. The van der Waals surface area contributed by atoms with Crippen molar-refractivity contribution in [1.29, 1.82) is 0 Å². The van der Waals surface area contributed by atoms with Crippen LogP contribution in [0.15, 0.2) is 58.3 Å². The van der Waals surface area contributed by atoms with E-state index in [0.29, 0.717) is 21.8 Å². The molecule has 1 aliphatic carbocycles. The lowest BCUT2D eigenvalue weighted by atomic mass is 10.1. The van der Waals surface area contributed by atoms with Crippen LogP contribution in [0.25, 0.3) is 0 Å². The molecule has 0 spiro atoms. The van der Waals surface area contributed by atoms with Crippen LogP contribution in [-0.4, -0.2) is 39.1 Å². The minimum Gasteiger partial charge on any atom is -0.381 e. The van der Waals surface area contributed by atoms with Gasteiger partial charge >= 0.3 is 0 Å². The van der Waals surface area contributed by atoms with Crippen molar-refractivity contribution < 1.29 is 13.2 Å². The van der Waals surface area contributed by atoms with Gasteiger partial charge in [0.25, 0.3) is 0 Å². The Morgan fingerprint density at radius 3 is 2.15 bits per heavy atom. The van der Waals surface area contributed by atoms with Crippen LogP contribution in [0.2, 0.25) is 0 Å². The summed E-state index contributed by atoms with van der Waals surface area (Å²) in [4.78, 5) is 3.25. The topological polar surface area (TPSA) is 46.6 Å². The van der Waals surface area contributed by atoms with E-state index in [1.807, 2.05) is 31.2 Å². The fourth-order valence-electron chi connectivity index (χ4n) is 3.70. The number of rotatable bonds is 7. The first-order valence-corrected chi connectivity index (χ1v) is 11.2. The highest BCUT2D eigenvalue weighted by Gasteiger charge is 2.31. The molecule has 1 saturated heterocycles. The molecule has 2 aliphatic rings. The highest BCUT2D eigenvalue weighted by Crippen LogP contribution is 2.31. The average Bonchev–Trinajstić information content (AvgIpc) is 3.39. The fraction of sp³-hybridized carbons (Fsp3) is 0.455. The smallest absolute Gasteiger partial charge is 0.206 e. The molecular formula is C22H27NO3S. The molecule has 4 nitrogen and oxygen atoms in total. The highest BCUT2D eigenvalue weighted by atomic mass is 32.2. The van der Waals surface area contributed by atoms with E-state index in [2.05, 4.69) is 4.90 Å². The van der Waals surface area contributed by atoms with E-state index >= 15 is 0 Å². The number of ether oxygens (including phenoxy) is 1. The highest BCUT2D eigenvalue weighted by molar-refractivity contribution is 7.91. The Morgan fingerprint density at radius 1 is 0.963 bits per heavy atom. The van der Waals surface area contributed by atoms with Crippen LogP contribution in [0.3, 0.4) is 0 Å². The number of benzene rings is 2. The first-order chi connectivity index (χ1) is 13.0. The molecule has 0 amide bonds. The summed E-state index contributed by atoms with van der Waals surface area (Å²) in [6.07, 6.45) is 3.69. The number of hydrogen-bond donors (Lipinski definition) is 0. The van der Waals surface area contributed by atoms with Gasteiger partial charge in [0.2, 0.25) is 9.84 Å². The van der Waals surface area contributed by atoms with Crippen LogP contribution >= 0.6 is 0 Å². The summed E-state index contributed by atoms with van der Waals surface area (Å²) in [5.41, 5.74) is 2.22. The maximum absolute atomic E-state index is 12.8. The van der Waals surface area contributed by atoms with Crippen LogP contribution in [0.5, 0.6) is 0 Å². The van der Waals surface area contributed by atoms with Crippen molar-refractivity contribution >= 4 is 9.84 Å². The zero-order valence-corrected chi connectivity index (χ0v) is 16.6. The van der Waals surface area contributed by atoms with E-state index in [4.69, 9.17) is 4.74 Å². The number of nitrogens with zero attached hydrogens (tertiary/aromatic N) is 1. The summed E-state index contributed by atoms with van der Waals surface area (Å²) in [5, 5.41) is 0. The van der Waals surface area contributed by atoms with Crippen molar-refractivity contribution in [3.8, 4) is 0 Å². The van der Waals surface area contributed by atoms with E-state index in [9.17, 15) is 8.42 Å². The summed E-state index contributed by atoms with van der Waals surface area (Å²) < 4.78 is 31.1. The van der Waals surface area contributed by atoms with Gasteiger partial charge in [-0.25, -0.2) is 8.42 Å². The minimum absolute atomic E-state index is 0.349. The predicted molar refractivity (Wildman–Crippen MR) is 105 cm³/mol. The molecule has 1 saturated carbocycles. The zero-order chi connectivity index (χ0) is 18.9. The second-order valence-electron chi connectivity index (χ2n) is 7.85. The molecule has 0 unspecified atom stereocenters. The molecule has 5 heteroatoms. The van der Waals surface area contributed by atoms with Gasteiger partial charge in [0.15, 0.2) is 0 Å². The lowest BCUT2D eigenvalue weighted by Gasteiger charge is -2.25. The number of hydrogen-bond acceptors (Lipinski definition) is 4. The summed E-state index contributed by atoms with van der Waals surface area (Å²) in [7, 11) is -3.45. The Kier molecular flexibility index (Phi) is 5.35. The lowest BCUT2D eigenvalue weighted by molar-refractivity contribution is 0.161. The van der Waals surface area contributed by atoms with Crippen molar-refractivity contribution in [2.75, 3.05) is 19.8 Å². The van der Waals surface area contributed by atoms with Gasteiger partial charge in [0, 0.05) is 25.7 Å². The molecule has 1 atom stereocenters. The molecule has 1 heterocycles. The normalized spacial score (nSPS) is 20.3. The summed E-state index contributed by atoms with van der Waals surface area (Å²) >= 11 is 0. The molecule has 27 heavy (non-hydrogen) atoms. The Balaban J connectivity index is 1.47. The van der Waals surface area contributed by atoms with E-state index in [-0.39, 0.29) is 0 Å². The molecule has 0 radical (unpaired) electrons. The molecule has 2 aromatic rings. The van der Waals surface area contributed by atoms with Gasteiger partial charge < -0.3 is 4.74 Å². The first kappa shape index (κ1) is 18.7. The molecule has 0 N–H and O–H groups in total. The second-order valence-corrected chi connectivity index (χ2v) is 9.80. The standard InChI is InChI=1S/C22H27NO3S/c1-17-2-8-21(9-3-17)27(24,25)22-10-4-18(5-11-22)14-23(20-6-7-20)15-19-12-13-26-16-19/h2-5,8-11,19-20H,6-7,12-16H2,1H3/t19-/m1/s1. The molecule has 0 aromatic heterocycles.